The second kappa shape index (κ2) is 8.77. The van der Waals surface area contributed by atoms with Crippen LogP contribution in [0.4, 0.5) is 11.4 Å². The minimum absolute atomic E-state index is 0.0155. The first kappa shape index (κ1) is 20.3. The molecule has 8 heteroatoms. The third-order valence-electron chi connectivity index (χ3n) is 4.84. The van der Waals surface area contributed by atoms with Crippen LogP contribution in [0.1, 0.15) is 17.5 Å². The molecule has 1 N–H and O–H groups in total. The molecule has 30 heavy (non-hydrogen) atoms. The predicted octanol–water partition coefficient (Wildman–Crippen LogP) is 4.11. The molecule has 1 amide bonds. The molecule has 1 fully saturated rings. The molecule has 1 aliphatic rings. The van der Waals surface area contributed by atoms with Crippen molar-refractivity contribution in [1.82, 2.24) is 0 Å². The Morgan fingerprint density at radius 1 is 1.10 bits per heavy atom. The number of ether oxygens (including phenoxy) is 2. The van der Waals surface area contributed by atoms with Crippen molar-refractivity contribution in [1.29, 1.82) is 0 Å². The zero-order chi connectivity index (χ0) is 21.1. The van der Waals surface area contributed by atoms with E-state index in [1.807, 2.05) is 24.3 Å². The predicted molar refractivity (Wildman–Crippen MR) is 114 cm³/mol. The van der Waals surface area contributed by atoms with E-state index in [2.05, 4.69) is 10.2 Å². The summed E-state index contributed by atoms with van der Waals surface area (Å²) in [5.74, 6) is -1.13. The SMILES string of the molecule is CC(OC(=O)c1cc2cc(Cl)ccc2o1)C(=O)Nc1ccc(N2CCOCC2)cc1. The zero-order valence-corrected chi connectivity index (χ0v) is 17.1. The number of carbonyl (C=O) groups excluding carboxylic acids is 2. The fourth-order valence-electron chi connectivity index (χ4n) is 3.21. The van der Waals surface area contributed by atoms with Gasteiger partial charge in [-0.3, -0.25) is 4.79 Å². The molecule has 0 spiro atoms. The molecular formula is C22H21ClN2O5. The number of fused-ring (bicyclic) bond motifs is 1. The fraction of sp³-hybridized carbons (Fsp3) is 0.273. The summed E-state index contributed by atoms with van der Waals surface area (Å²) in [4.78, 5) is 27.0. The first-order chi connectivity index (χ1) is 14.5. The van der Waals surface area contributed by atoms with Gasteiger partial charge in [-0.1, -0.05) is 11.6 Å². The van der Waals surface area contributed by atoms with Crippen LogP contribution in [0.2, 0.25) is 5.02 Å². The molecule has 1 aromatic heterocycles. The van der Waals surface area contributed by atoms with Gasteiger partial charge in [-0.2, -0.15) is 0 Å². The van der Waals surface area contributed by atoms with Crippen LogP contribution >= 0.6 is 11.6 Å². The van der Waals surface area contributed by atoms with Crippen LogP contribution < -0.4 is 10.2 Å². The van der Waals surface area contributed by atoms with Gasteiger partial charge in [0, 0.05) is 34.9 Å². The zero-order valence-electron chi connectivity index (χ0n) is 16.4. The Hall–Kier alpha value is -3.03. The van der Waals surface area contributed by atoms with Crippen LogP contribution in [-0.2, 0) is 14.3 Å². The number of amides is 1. The number of hydrogen-bond donors (Lipinski definition) is 1. The largest absolute Gasteiger partial charge is 0.449 e. The Morgan fingerprint density at radius 3 is 2.57 bits per heavy atom. The molecule has 7 nitrogen and oxygen atoms in total. The molecule has 156 valence electrons. The van der Waals surface area contributed by atoms with E-state index in [0.717, 1.165) is 18.8 Å². The number of carbonyl (C=O) groups is 2. The summed E-state index contributed by atoms with van der Waals surface area (Å²) in [5, 5.41) is 3.98. The van der Waals surface area contributed by atoms with E-state index in [1.54, 1.807) is 24.3 Å². The Balaban J connectivity index is 1.35. The molecule has 4 rings (SSSR count). The van der Waals surface area contributed by atoms with Crippen molar-refractivity contribution >= 4 is 45.8 Å². The molecule has 0 aliphatic carbocycles. The van der Waals surface area contributed by atoms with Crippen molar-refractivity contribution in [3.8, 4) is 0 Å². The molecule has 1 atom stereocenters. The number of nitrogens with one attached hydrogen (secondary N) is 1. The maximum Gasteiger partial charge on any atom is 0.375 e. The van der Waals surface area contributed by atoms with Crippen molar-refractivity contribution in [2.45, 2.75) is 13.0 Å². The Morgan fingerprint density at radius 2 is 1.83 bits per heavy atom. The van der Waals surface area contributed by atoms with Gasteiger partial charge in [0.05, 0.1) is 13.2 Å². The second-order valence-electron chi connectivity index (χ2n) is 6.98. The van der Waals surface area contributed by atoms with Gasteiger partial charge >= 0.3 is 5.97 Å². The second-order valence-corrected chi connectivity index (χ2v) is 7.41. The van der Waals surface area contributed by atoms with Crippen molar-refractivity contribution in [2.75, 3.05) is 36.5 Å². The number of hydrogen-bond acceptors (Lipinski definition) is 6. The minimum Gasteiger partial charge on any atom is -0.449 e. The monoisotopic (exact) mass is 428 g/mol. The van der Waals surface area contributed by atoms with E-state index in [9.17, 15) is 9.59 Å². The van der Waals surface area contributed by atoms with Gasteiger partial charge in [-0.05, 0) is 55.5 Å². The highest BCUT2D eigenvalue weighted by Crippen LogP contribution is 2.24. The molecule has 0 saturated carbocycles. The van der Waals surface area contributed by atoms with Crippen molar-refractivity contribution in [2.24, 2.45) is 0 Å². The number of rotatable bonds is 5. The minimum atomic E-state index is -0.992. The van der Waals surface area contributed by atoms with E-state index in [-0.39, 0.29) is 5.76 Å². The lowest BCUT2D eigenvalue weighted by atomic mass is 10.2. The van der Waals surface area contributed by atoms with Gasteiger partial charge in [0.15, 0.2) is 6.10 Å². The molecule has 1 saturated heterocycles. The number of furan rings is 1. The van der Waals surface area contributed by atoms with Gasteiger partial charge in [-0.15, -0.1) is 0 Å². The Bertz CT molecular complexity index is 1060. The van der Waals surface area contributed by atoms with E-state index in [4.69, 9.17) is 25.5 Å². The Kier molecular flexibility index (Phi) is 5.92. The lowest BCUT2D eigenvalue weighted by molar-refractivity contribution is -0.123. The summed E-state index contributed by atoms with van der Waals surface area (Å²) >= 11 is 5.95. The molecule has 1 aliphatic heterocycles. The average Bonchev–Trinajstić information content (AvgIpc) is 3.18. The number of nitrogens with zero attached hydrogens (tertiary/aromatic N) is 1. The number of anilines is 2. The number of esters is 1. The van der Waals surface area contributed by atoms with Crippen molar-refractivity contribution in [3.63, 3.8) is 0 Å². The highest BCUT2D eigenvalue weighted by atomic mass is 35.5. The summed E-state index contributed by atoms with van der Waals surface area (Å²) in [7, 11) is 0. The number of morpholine rings is 1. The molecule has 1 unspecified atom stereocenters. The van der Waals surface area contributed by atoms with E-state index >= 15 is 0 Å². The molecule has 2 aromatic carbocycles. The first-order valence-corrected chi connectivity index (χ1v) is 10.0. The number of halogens is 1. The van der Waals surface area contributed by atoms with E-state index < -0.39 is 18.0 Å². The van der Waals surface area contributed by atoms with E-state index in [0.29, 0.717) is 34.9 Å². The maximum absolute atomic E-state index is 12.4. The van der Waals surface area contributed by atoms with Crippen LogP contribution in [0.5, 0.6) is 0 Å². The van der Waals surface area contributed by atoms with Gasteiger partial charge in [0.2, 0.25) is 5.76 Å². The number of benzene rings is 2. The topological polar surface area (TPSA) is 81.0 Å². The highest BCUT2D eigenvalue weighted by Gasteiger charge is 2.22. The first-order valence-electron chi connectivity index (χ1n) is 9.63. The quantitative estimate of drug-likeness (QED) is 0.616. The molecular weight excluding hydrogens is 408 g/mol. The van der Waals surface area contributed by atoms with Crippen LogP contribution in [0.25, 0.3) is 11.0 Å². The fourth-order valence-corrected chi connectivity index (χ4v) is 3.39. The third kappa shape index (κ3) is 4.58. The standard InChI is InChI=1S/C22H21ClN2O5/c1-14(29-22(27)20-13-15-12-16(23)2-7-19(15)30-20)21(26)24-17-3-5-18(6-4-17)25-8-10-28-11-9-25/h2-7,12-14H,8-11H2,1H3,(H,24,26). The summed E-state index contributed by atoms with van der Waals surface area (Å²) in [6.45, 7) is 4.60. The van der Waals surface area contributed by atoms with Crippen molar-refractivity contribution < 1.29 is 23.5 Å². The van der Waals surface area contributed by atoms with Gasteiger partial charge < -0.3 is 24.1 Å². The molecule has 3 aromatic rings. The van der Waals surface area contributed by atoms with Gasteiger partial charge in [-0.25, -0.2) is 4.79 Å². The average molecular weight is 429 g/mol. The summed E-state index contributed by atoms with van der Waals surface area (Å²) in [6.07, 6.45) is -0.992. The molecule has 2 heterocycles. The van der Waals surface area contributed by atoms with Gasteiger partial charge in [0.25, 0.3) is 5.91 Å². The normalized spacial score (nSPS) is 15.1. The van der Waals surface area contributed by atoms with Crippen LogP contribution in [0.15, 0.2) is 52.9 Å². The smallest absolute Gasteiger partial charge is 0.375 e. The highest BCUT2D eigenvalue weighted by molar-refractivity contribution is 6.31. The van der Waals surface area contributed by atoms with Crippen LogP contribution in [-0.4, -0.2) is 44.3 Å². The molecule has 0 radical (unpaired) electrons. The van der Waals surface area contributed by atoms with E-state index in [1.165, 1.54) is 6.92 Å². The summed E-state index contributed by atoms with van der Waals surface area (Å²) in [6, 6.07) is 14.1. The lowest BCUT2D eigenvalue weighted by Gasteiger charge is -2.28. The summed E-state index contributed by atoms with van der Waals surface area (Å²) in [5.41, 5.74) is 2.21. The Labute approximate surface area is 178 Å². The lowest BCUT2D eigenvalue weighted by Crippen LogP contribution is -2.36. The van der Waals surface area contributed by atoms with Crippen LogP contribution in [0.3, 0.4) is 0 Å². The van der Waals surface area contributed by atoms with Crippen molar-refractivity contribution in [3.05, 3.63) is 59.3 Å². The maximum atomic E-state index is 12.4. The summed E-state index contributed by atoms with van der Waals surface area (Å²) < 4.78 is 16.1. The third-order valence-corrected chi connectivity index (χ3v) is 5.08. The van der Waals surface area contributed by atoms with Crippen LogP contribution in [0, 0.1) is 0 Å². The molecule has 0 bridgehead atoms. The van der Waals surface area contributed by atoms with Gasteiger partial charge in [0.1, 0.15) is 5.58 Å².